The van der Waals surface area contributed by atoms with Gasteiger partial charge in [0.25, 0.3) is 0 Å². The van der Waals surface area contributed by atoms with Crippen molar-refractivity contribution in [2.24, 2.45) is 5.92 Å². The van der Waals surface area contributed by atoms with Gasteiger partial charge in [0.1, 0.15) is 0 Å². The van der Waals surface area contributed by atoms with Crippen LogP contribution in [0.25, 0.3) is 0 Å². The van der Waals surface area contributed by atoms with Crippen molar-refractivity contribution in [1.82, 2.24) is 4.90 Å². The summed E-state index contributed by atoms with van der Waals surface area (Å²) < 4.78 is 5.08. The molecule has 6 nitrogen and oxygen atoms in total. The third-order valence-corrected chi connectivity index (χ3v) is 4.63. The average Bonchev–Trinajstić information content (AvgIpc) is 3.08. The standard InChI is InChI=1S/C22H24N2O4/c1-2-12-28-22(27)17-8-10-19(11-9-17)23-21(26)18-13-20(25)24(15-18)14-16-6-4-3-5-7-16/h3-11,18H,2,12-15H2,1H3,(H,23,26). The van der Waals surface area contributed by atoms with E-state index >= 15 is 0 Å². The molecule has 2 aromatic carbocycles. The van der Waals surface area contributed by atoms with Crippen LogP contribution in [0.2, 0.25) is 0 Å². The highest BCUT2D eigenvalue weighted by molar-refractivity contribution is 5.97. The van der Waals surface area contributed by atoms with E-state index in [0.717, 1.165) is 12.0 Å². The van der Waals surface area contributed by atoms with Crippen LogP contribution in [-0.2, 0) is 20.9 Å². The monoisotopic (exact) mass is 380 g/mol. The first-order chi connectivity index (χ1) is 13.6. The number of ether oxygens (including phenoxy) is 1. The predicted octanol–water partition coefficient (Wildman–Crippen LogP) is 3.24. The van der Waals surface area contributed by atoms with E-state index in [-0.39, 0.29) is 30.1 Å². The molecule has 2 aromatic rings. The van der Waals surface area contributed by atoms with Gasteiger partial charge in [0.2, 0.25) is 11.8 Å². The Morgan fingerprint density at radius 2 is 1.82 bits per heavy atom. The predicted molar refractivity (Wildman–Crippen MR) is 106 cm³/mol. The van der Waals surface area contributed by atoms with Crippen LogP contribution in [-0.4, -0.2) is 35.8 Å². The number of hydrogen-bond donors (Lipinski definition) is 1. The Morgan fingerprint density at radius 3 is 2.50 bits per heavy atom. The molecule has 0 aromatic heterocycles. The van der Waals surface area contributed by atoms with Gasteiger partial charge in [-0.3, -0.25) is 9.59 Å². The normalized spacial score (nSPS) is 16.1. The molecule has 146 valence electrons. The fourth-order valence-corrected chi connectivity index (χ4v) is 3.12. The summed E-state index contributed by atoms with van der Waals surface area (Å²) in [6, 6.07) is 16.3. The van der Waals surface area contributed by atoms with E-state index in [1.54, 1.807) is 29.2 Å². The van der Waals surface area contributed by atoms with Gasteiger partial charge in [0, 0.05) is 25.2 Å². The largest absolute Gasteiger partial charge is 0.462 e. The number of carbonyl (C=O) groups is 3. The number of rotatable bonds is 7. The number of anilines is 1. The Balaban J connectivity index is 1.55. The van der Waals surface area contributed by atoms with Crippen LogP contribution in [0.1, 0.15) is 35.7 Å². The van der Waals surface area contributed by atoms with Gasteiger partial charge in [-0.2, -0.15) is 0 Å². The first-order valence-electron chi connectivity index (χ1n) is 9.46. The molecule has 0 aliphatic carbocycles. The number of nitrogens with zero attached hydrogens (tertiary/aromatic N) is 1. The van der Waals surface area contributed by atoms with Crippen molar-refractivity contribution >= 4 is 23.5 Å². The molecule has 1 fully saturated rings. The maximum Gasteiger partial charge on any atom is 0.338 e. The molecule has 1 unspecified atom stereocenters. The highest BCUT2D eigenvalue weighted by Gasteiger charge is 2.34. The van der Waals surface area contributed by atoms with Crippen LogP contribution in [0.4, 0.5) is 5.69 Å². The summed E-state index contributed by atoms with van der Waals surface area (Å²) in [5.74, 6) is -0.966. The summed E-state index contributed by atoms with van der Waals surface area (Å²) in [5, 5.41) is 2.83. The van der Waals surface area contributed by atoms with E-state index < -0.39 is 0 Å². The van der Waals surface area contributed by atoms with Gasteiger partial charge in [-0.1, -0.05) is 37.3 Å². The lowest BCUT2D eigenvalue weighted by Gasteiger charge is -2.16. The molecular formula is C22H24N2O4. The summed E-state index contributed by atoms with van der Waals surface area (Å²) in [7, 11) is 0. The minimum Gasteiger partial charge on any atom is -0.462 e. The van der Waals surface area contributed by atoms with Crippen LogP contribution in [0.3, 0.4) is 0 Å². The minimum atomic E-state index is -0.384. The molecule has 0 saturated carbocycles. The van der Waals surface area contributed by atoms with Gasteiger partial charge < -0.3 is 15.0 Å². The van der Waals surface area contributed by atoms with Crippen molar-refractivity contribution in [2.45, 2.75) is 26.3 Å². The van der Waals surface area contributed by atoms with Crippen LogP contribution in [0.5, 0.6) is 0 Å². The number of esters is 1. The Labute approximate surface area is 164 Å². The Bertz CT molecular complexity index is 833. The summed E-state index contributed by atoms with van der Waals surface area (Å²) in [5.41, 5.74) is 2.07. The molecule has 28 heavy (non-hydrogen) atoms. The molecule has 1 aliphatic heterocycles. The maximum atomic E-state index is 12.5. The van der Waals surface area contributed by atoms with Crippen LogP contribution in [0.15, 0.2) is 54.6 Å². The summed E-state index contributed by atoms with van der Waals surface area (Å²) >= 11 is 0. The van der Waals surface area contributed by atoms with E-state index in [0.29, 0.717) is 30.9 Å². The first kappa shape index (κ1) is 19.6. The highest BCUT2D eigenvalue weighted by atomic mass is 16.5. The van der Waals surface area contributed by atoms with E-state index in [1.165, 1.54) is 0 Å². The summed E-state index contributed by atoms with van der Waals surface area (Å²) in [4.78, 5) is 38.3. The summed E-state index contributed by atoms with van der Waals surface area (Å²) in [6.07, 6.45) is 0.974. The topological polar surface area (TPSA) is 75.7 Å². The smallest absolute Gasteiger partial charge is 0.338 e. The van der Waals surface area contributed by atoms with Crippen molar-refractivity contribution in [2.75, 3.05) is 18.5 Å². The van der Waals surface area contributed by atoms with Gasteiger partial charge in [0.15, 0.2) is 0 Å². The number of carbonyl (C=O) groups excluding carboxylic acids is 3. The van der Waals surface area contributed by atoms with Crippen LogP contribution < -0.4 is 5.32 Å². The highest BCUT2D eigenvalue weighted by Crippen LogP contribution is 2.22. The zero-order chi connectivity index (χ0) is 19.9. The fourth-order valence-electron chi connectivity index (χ4n) is 3.12. The molecule has 1 saturated heterocycles. The lowest BCUT2D eigenvalue weighted by atomic mass is 10.1. The third kappa shape index (κ3) is 4.97. The number of hydrogen-bond acceptors (Lipinski definition) is 4. The SMILES string of the molecule is CCCOC(=O)c1ccc(NC(=O)C2CC(=O)N(Cc3ccccc3)C2)cc1. The van der Waals surface area contributed by atoms with E-state index in [1.807, 2.05) is 37.3 Å². The molecule has 3 rings (SSSR count). The third-order valence-electron chi connectivity index (χ3n) is 4.63. The molecule has 0 spiro atoms. The lowest BCUT2D eigenvalue weighted by Crippen LogP contribution is -2.28. The minimum absolute atomic E-state index is 0.0157. The van der Waals surface area contributed by atoms with Gasteiger partial charge in [-0.15, -0.1) is 0 Å². The second kappa shape index (κ2) is 9.17. The van der Waals surface area contributed by atoms with Gasteiger partial charge >= 0.3 is 5.97 Å². The number of nitrogens with one attached hydrogen (secondary N) is 1. The molecule has 6 heteroatoms. The second-order valence-electron chi connectivity index (χ2n) is 6.86. The van der Waals surface area contributed by atoms with Crippen molar-refractivity contribution in [3.05, 3.63) is 65.7 Å². The van der Waals surface area contributed by atoms with Crippen molar-refractivity contribution in [3.63, 3.8) is 0 Å². The van der Waals surface area contributed by atoms with Crippen molar-refractivity contribution in [1.29, 1.82) is 0 Å². The van der Waals surface area contributed by atoms with Crippen LogP contribution >= 0.6 is 0 Å². The van der Waals surface area contributed by atoms with E-state index in [4.69, 9.17) is 4.74 Å². The number of benzene rings is 2. The zero-order valence-corrected chi connectivity index (χ0v) is 15.9. The Hall–Kier alpha value is -3.15. The molecule has 1 atom stereocenters. The molecule has 0 radical (unpaired) electrons. The molecule has 1 N–H and O–H groups in total. The first-order valence-corrected chi connectivity index (χ1v) is 9.46. The zero-order valence-electron chi connectivity index (χ0n) is 15.9. The summed E-state index contributed by atoms with van der Waals surface area (Å²) in [6.45, 7) is 3.23. The van der Waals surface area contributed by atoms with Gasteiger partial charge in [0.05, 0.1) is 18.1 Å². The van der Waals surface area contributed by atoms with Crippen molar-refractivity contribution < 1.29 is 19.1 Å². The molecule has 2 amide bonds. The van der Waals surface area contributed by atoms with E-state index in [2.05, 4.69) is 5.32 Å². The van der Waals surface area contributed by atoms with E-state index in [9.17, 15) is 14.4 Å². The molecular weight excluding hydrogens is 356 g/mol. The lowest BCUT2D eigenvalue weighted by molar-refractivity contribution is -0.128. The average molecular weight is 380 g/mol. The fraction of sp³-hybridized carbons (Fsp3) is 0.318. The van der Waals surface area contributed by atoms with Gasteiger partial charge in [-0.25, -0.2) is 4.79 Å². The number of amides is 2. The maximum absolute atomic E-state index is 12.5. The Kier molecular flexibility index (Phi) is 6.42. The Morgan fingerprint density at radius 1 is 1.11 bits per heavy atom. The number of likely N-dealkylation sites (tertiary alicyclic amines) is 1. The van der Waals surface area contributed by atoms with Crippen LogP contribution in [0, 0.1) is 5.92 Å². The molecule has 1 heterocycles. The van der Waals surface area contributed by atoms with Crippen molar-refractivity contribution in [3.8, 4) is 0 Å². The second-order valence-corrected chi connectivity index (χ2v) is 6.86. The molecule has 1 aliphatic rings. The molecule has 0 bridgehead atoms. The van der Waals surface area contributed by atoms with Gasteiger partial charge in [-0.05, 0) is 36.2 Å². The quantitative estimate of drug-likeness (QED) is 0.748.